The molecule has 172 valence electrons. The van der Waals surface area contributed by atoms with E-state index in [1.807, 2.05) is 0 Å². The van der Waals surface area contributed by atoms with Crippen molar-refractivity contribution >= 4 is 17.7 Å². The van der Waals surface area contributed by atoms with Crippen molar-refractivity contribution in [1.29, 1.82) is 0 Å². The Morgan fingerprint density at radius 2 is 1.94 bits per heavy atom. The monoisotopic (exact) mass is 432 g/mol. The highest BCUT2D eigenvalue weighted by atomic mass is 16.5. The van der Waals surface area contributed by atoms with Gasteiger partial charge in [-0.15, -0.1) is 0 Å². The first-order chi connectivity index (χ1) is 14.7. The van der Waals surface area contributed by atoms with Crippen molar-refractivity contribution < 1.29 is 29.3 Å². The maximum absolute atomic E-state index is 13.1. The summed E-state index contributed by atoms with van der Waals surface area (Å²) in [5.41, 5.74) is 1.11. The largest absolute Gasteiger partial charge is 0.481 e. The lowest BCUT2D eigenvalue weighted by Crippen LogP contribution is -2.55. The van der Waals surface area contributed by atoms with E-state index in [1.165, 1.54) is 0 Å². The van der Waals surface area contributed by atoms with Crippen molar-refractivity contribution in [2.75, 3.05) is 13.2 Å². The zero-order chi connectivity index (χ0) is 22.4. The molecule has 3 saturated carbocycles. The predicted octanol–water partition coefficient (Wildman–Crippen LogP) is 3.76. The van der Waals surface area contributed by atoms with E-state index in [0.29, 0.717) is 37.0 Å². The molecule has 0 amide bonds. The second-order valence-electron chi connectivity index (χ2n) is 10.8. The average molecular weight is 433 g/mol. The van der Waals surface area contributed by atoms with Crippen LogP contribution in [0.3, 0.4) is 0 Å². The smallest absolute Gasteiger partial charge is 0.309 e. The average Bonchev–Trinajstić information content (AvgIpc) is 3.06. The van der Waals surface area contributed by atoms with Gasteiger partial charge in [-0.1, -0.05) is 19.4 Å². The highest BCUT2D eigenvalue weighted by Crippen LogP contribution is 2.68. The van der Waals surface area contributed by atoms with Crippen molar-refractivity contribution in [1.82, 2.24) is 0 Å². The standard InChI is InChI=1S/C25H36O6/c1-24-10-8-20-22(19(24)5-3-15(24)4-6-21(28)29)18(23(30)31-12-11-26)14-16-13-17(27)7-9-25(16,20)2/h13,15,18-20,22,26H,3-12,14H2,1-2H3,(H,28,29)/t15-,18+,19-,20-,22-,24+,25-/m0/s1. The van der Waals surface area contributed by atoms with Crippen molar-refractivity contribution in [3.8, 4) is 0 Å². The Kier molecular flexibility index (Phi) is 6.06. The normalized spacial score (nSPS) is 41.6. The van der Waals surface area contributed by atoms with E-state index < -0.39 is 5.97 Å². The minimum absolute atomic E-state index is 0.00510. The molecule has 0 aliphatic heterocycles. The van der Waals surface area contributed by atoms with E-state index in [2.05, 4.69) is 13.8 Å². The number of rotatable bonds is 6. The van der Waals surface area contributed by atoms with Gasteiger partial charge in [0.15, 0.2) is 5.78 Å². The summed E-state index contributed by atoms with van der Waals surface area (Å²) in [6.45, 7) is 4.42. The van der Waals surface area contributed by atoms with Gasteiger partial charge in [-0.2, -0.15) is 0 Å². The summed E-state index contributed by atoms with van der Waals surface area (Å²) in [5, 5.41) is 18.4. The molecule has 3 fully saturated rings. The van der Waals surface area contributed by atoms with Crippen LogP contribution < -0.4 is 0 Å². The van der Waals surface area contributed by atoms with E-state index in [-0.39, 0.29) is 54.1 Å². The summed E-state index contributed by atoms with van der Waals surface area (Å²) < 4.78 is 5.43. The molecule has 4 aliphatic carbocycles. The molecule has 0 aromatic heterocycles. The topological polar surface area (TPSA) is 101 Å². The number of carboxylic acid groups (broad SMARTS) is 1. The SMILES string of the molecule is C[C@]12CC[C@H]3[C@@H]([C@H](C(=O)OCCO)CC4=CC(=O)CC[C@@]43C)[C@@H]1CC[C@H]2CCC(=O)O. The third-order valence-electron chi connectivity index (χ3n) is 9.56. The van der Waals surface area contributed by atoms with Gasteiger partial charge in [0.05, 0.1) is 12.5 Å². The Morgan fingerprint density at radius 1 is 1.16 bits per heavy atom. The summed E-state index contributed by atoms with van der Waals surface area (Å²) in [7, 11) is 0. The molecule has 4 aliphatic rings. The number of carbonyl (C=O) groups excluding carboxylic acids is 2. The van der Waals surface area contributed by atoms with Gasteiger partial charge < -0.3 is 14.9 Å². The van der Waals surface area contributed by atoms with Crippen LogP contribution in [0.1, 0.15) is 71.6 Å². The van der Waals surface area contributed by atoms with Crippen LogP contribution >= 0.6 is 0 Å². The molecule has 4 rings (SSSR count). The molecular weight excluding hydrogens is 396 g/mol. The minimum Gasteiger partial charge on any atom is -0.481 e. The lowest BCUT2D eigenvalue weighted by molar-refractivity contribution is -0.162. The van der Waals surface area contributed by atoms with Crippen LogP contribution in [-0.4, -0.2) is 41.1 Å². The van der Waals surface area contributed by atoms with Gasteiger partial charge in [-0.25, -0.2) is 0 Å². The Bertz CT molecular complexity index is 787. The Balaban J connectivity index is 1.68. The molecule has 6 nitrogen and oxygen atoms in total. The predicted molar refractivity (Wildman–Crippen MR) is 114 cm³/mol. The van der Waals surface area contributed by atoms with Crippen molar-refractivity contribution in [3.63, 3.8) is 0 Å². The second-order valence-corrected chi connectivity index (χ2v) is 10.8. The number of hydrogen-bond acceptors (Lipinski definition) is 5. The Morgan fingerprint density at radius 3 is 2.65 bits per heavy atom. The van der Waals surface area contributed by atoms with Gasteiger partial charge in [0.2, 0.25) is 0 Å². The van der Waals surface area contributed by atoms with Gasteiger partial charge in [0, 0.05) is 12.8 Å². The quantitative estimate of drug-likeness (QED) is 0.620. The molecule has 0 bridgehead atoms. The molecule has 0 saturated heterocycles. The summed E-state index contributed by atoms with van der Waals surface area (Å²) in [4.78, 5) is 36.5. The summed E-state index contributed by atoms with van der Waals surface area (Å²) >= 11 is 0. The molecule has 0 spiro atoms. The number of esters is 1. The Labute approximate surface area is 184 Å². The number of carbonyl (C=O) groups is 3. The van der Waals surface area contributed by atoms with E-state index >= 15 is 0 Å². The number of carboxylic acids is 1. The number of ketones is 1. The third-order valence-corrected chi connectivity index (χ3v) is 9.56. The summed E-state index contributed by atoms with van der Waals surface area (Å²) in [6, 6.07) is 0. The first-order valence-electron chi connectivity index (χ1n) is 11.9. The first-order valence-corrected chi connectivity index (χ1v) is 11.9. The number of aliphatic hydroxyl groups is 1. The van der Waals surface area contributed by atoms with Crippen LogP contribution in [0.2, 0.25) is 0 Å². The lowest BCUT2D eigenvalue weighted by Gasteiger charge is -2.60. The molecule has 31 heavy (non-hydrogen) atoms. The molecule has 6 heteroatoms. The minimum atomic E-state index is -0.738. The second kappa shape index (κ2) is 8.34. The zero-order valence-electron chi connectivity index (χ0n) is 18.8. The highest BCUT2D eigenvalue weighted by Gasteiger charge is 2.62. The molecule has 2 N–H and O–H groups in total. The molecule has 0 unspecified atom stereocenters. The Hall–Kier alpha value is -1.69. The number of aliphatic carboxylic acids is 1. The van der Waals surface area contributed by atoms with Gasteiger partial charge in [-0.3, -0.25) is 14.4 Å². The van der Waals surface area contributed by atoms with E-state index in [4.69, 9.17) is 9.84 Å². The first kappa shape index (κ1) is 22.5. The van der Waals surface area contributed by atoms with Crippen LogP contribution in [0.25, 0.3) is 0 Å². The lowest BCUT2D eigenvalue weighted by atomic mass is 9.44. The number of hydrogen-bond donors (Lipinski definition) is 2. The fourth-order valence-electron chi connectivity index (χ4n) is 7.94. The van der Waals surface area contributed by atoms with Crippen LogP contribution in [0.15, 0.2) is 11.6 Å². The zero-order valence-corrected chi connectivity index (χ0v) is 18.8. The highest BCUT2D eigenvalue weighted by molar-refractivity contribution is 5.92. The molecule has 0 radical (unpaired) electrons. The van der Waals surface area contributed by atoms with Crippen LogP contribution in [0.4, 0.5) is 0 Å². The third kappa shape index (κ3) is 3.75. The fraction of sp³-hybridized carbons (Fsp3) is 0.800. The molecule has 0 aromatic rings. The number of ether oxygens (including phenoxy) is 1. The number of aliphatic hydroxyl groups excluding tert-OH is 1. The molecule has 0 aromatic carbocycles. The molecule has 0 heterocycles. The summed E-state index contributed by atoms with van der Waals surface area (Å²) in [5.74, 6) is 0.155. The van der Waals surface area contributed by atoms with Crippen LogP contribution in [0, 0.1) is 40.4 Å². The van der Waals surface area contributed by atoms with Crippen molar-refractivity contribution in [2.24, 2.45) is 40.4 Å². The fourth-order valence-corrected chi connectivity index (χ4v) is 7.94. The van der Waals surface area contributed by atoms with Gasteiger partial charge in [-0.05, 0) is 85.5 Å². The maximum atomic E-state index is 13.1. The summed E-state index contributed by atoms with van der Waals surface area (Å²) in [6.07, 6.45) is 8.81. The van der Waals surface area contributed by atoms with Crippen molar-refractivity contribution in [3.05, 3.63) is 11.6 Å². The van der Waals surface area contributed by atoms with Crippen LogP contribution in [-0.2, 0) is 19.1 Å². The van der Waals surface area contributed by atoms with Gasteiger partial charge in [0.1, 0.15) is 6.61 Å². The van der Waals surface area contributed by atoms with Crippen LogP contribution in [0.5, 0.6) is 0 Å². The maximum Gasteiger partial charge on any atom is 0.309 e. The van der Waals surface area contributed by atoms with Crippen molar-refractivity contribution in [2.45, 2.75) is 71.6 Å². The molecular formula is C25H36O6. The van der Waals surface area contributed by atoms with E-state index in [9.17, 15) is 19.5 Å². The van der Waals surface area contributed by atoms with E-state index in [1.54, 1.807) is 6.08 Å². The van der Waals surface area contributed by atoms with Gasteiger partial charge in [0.25, 0.3) is 0 Å². The van der Waals surface area contributed by atoms with Gasteiger partial charge >= 0.3 is 11.9 Å². The van der Waals surface area contributed by atoms with E-state index in [0.717, 1.165) is 37.7 Å². The molecule has 7 atom stereocenters. The number of fused-ring (bicyclic) bond motifs is 5. The number of allylic oxidation sites excluding steroid dienone is 1.